The van der Waals surface area contributed by atoms with Crippen LogP contribution < -0.4 is 25.8 Å². The van der Waals surface area contributed by atoms with Crippen LogP contribution in [0.15, 0.2) is 36.5 Å². The number of hydrogen-bond acceptors (Lipinski definition) is 6. The molecule has 4 heterocycles. The van der Waals surface area contributed by atoms with Gasteiger partial charge in [0.25, 0.3) is 0 Å². The maximum absolute atomic E-state index is 11.8. The smallest absolute Gasteiger partial charge is 0.351 e. The Hall–Kier alpha value is -3.82. The topological polar surface area (TPSA) is 125 Å². The normalized spacial score (nSPS) is 18.9. The molecule has 2 saturated heterocycles. The van der Waals surface area contributed by atoms with Crippen LogP contribution in [0, 0.1) is 5.92 Å². The standard InChI is InChI=1S/C24H30N8O2/c1-16(33)30-11-13-31(14-12-30)19-6-4-18(5-7-19)27-24-28-22-20(8-9-26-22)23(29-24)32-10-2-3-17(15-32)21(25)34/h4-9,17H,2-3,10-15H2,1H3,(H2,25,34)(H2,26,27,28,29)/p+1. The number of piperazine rings is 1. The summed E-state index contributed by atoms with van der Waals surface area (Å²) in [5.41, 5.74) is 8.42. The highest BCUT2D eigenvalue weighted by Crippen LogP contribution is 2.27. The zero-order valence-corrected chi connectivity index (χ0v) is 19.4. The van der Waals surface area contributed by atoms with Crippen molar-refractivity contribution in [1.29, 1.82) is 0 Å². The molecule has 5 rings (SSSR count). The number of nitrogens with two attached hydrogens (primary N) is 1. The van der Waals surface area contributed by atoms with Crippen molar-refractivity contribution in [2.45, 2.75) is 19.8 Å². The molecule has 2 aliphatic rings. The molecule has 2 fully saturated rings. The van der Waals surface area contributed by atoms with Gasteiger partial charge in [0.2, 0.25) is 23.3 Å². The number of carbonyl (C=O) groups excluding carboxylic acids is 2. The molecule has 34 heavy (non-hydrogen) atoms. The highest BCUT2D eigenvalue weighted by molar-refractivity contribution is 5.87. The summed E-state index contributed by atoms with van der Waals surface area (Å²) < 4.78 is 0. The van der Waals surface area contributed by atoms with Crippen molar-refractivity contribution in [3.63, 3.8) is 0 Å². The van der Waals surface area contributed by atoms with E-state index in [2.05, 4.69) is 42.2 Å². The summed E-state index contributed by atoms with van der Waals surface area (Å²) >= 11 is 0. The third-order valence-electron chi connectivity index (χ3n) is 6.80. The second kappa shape index (κ2) is 9.20. The molecule has 1 aromatic carbocycles. The van der Waals surface area contributed by atoms with Crippen molar-refractivity contribution >= 4 is 46.0 Å². The molecule has 10 nitrogen and oxygen atoms in total. The lowest BCUT2D eigenvalue weighted by Gasteiger charge is -2.35. The SMILES string of the molecule is CC(=O)N1CCN(c2ccc(Nc3nc4[nH]ccc4c(N4CCCC(C(N)=O)C4)[nH+]3)cc2)CC1. The summed E-state index contributed by atoms with van der Waals surface area (Å²) in [6.45, 7) is 6.24. The summed E-state index contributed by atoms with van der Waals surface area (Å²) in [5, 5.41) is 4.36. The molecule has 1 unspecified atom stereocenters. The molecule has 0 radical (unpaired) electrons. The average molecular weight is 464 g/mol. The second-order valence-corrected chi connectivity index (χ2v) is 9.03. The van der Waals surface area contributed by atoms with Gasteiger partial charge in [-0.1, -0.05) is 4.98 Å². The van der Waals surface area contributed by atoms with Crippen molar-refractivity contribution < 1.29 is 14.6 Å². The molecule has 0 spiro atoms. The Kier molecular flexibility index (Phi) is 5.95. The maximum atomic E-state index is 11.8. The number of rotatable bonds is 5. The van der Waals surface area contributed by atoms with Gasteiger partial charge in [-0.25, -0.2) is 4.98 Å². The van der Waals surface area contributed by atoms with Gasteiger partial charge in [-0.15, -0.1) is 0 Å². The number of piperidine rings is 1. The first-order valence-corrected chi connectivity index (χ1v) is 11.8. The van der Waals surface area contributed by atoms with Crippen LogP contribution in [-0.4, -0.2) is 66.0 Å². The highest BCUT2D eigenvalue weighted by Gasteiger charge is 2.29. The summed E-state index contributed by atoms with van der Waals surface area (Å²) in [7, 11) is 0. The molecule has 3 aromatic rings. The van der Waals surface area contributed by atoms with E-state index in [1.807, 2.05) is 29.3 Å². The van der Waals surface area contributed by atoms with E-state index in [1.165, 1.54) is 0 Å². The molecule has 0 aliphatic carbocycles. The molecular weight excluding hydrogens is 432 g/mol. The first-order chi connectivity index (χ1) is 16.5. The van der Waals surface area contributed by atoms with Crippen LogP contribution in [0.3, 0.4) is 0 Å². The third kappa shape index (κ3) is 4.48. The molecule has 0 bridgehead atoms. The molecule has 2 aliphatic heterocycles. The van der Waals surface area contributed by atoms with Gasteiger partial charge >= 0.3 is 5.95 Å². The Morgan fingerprint density at radius 3 is 2.56 bits per heavy atom. The fourth-order valence-electron chi connectivity index (χ4n) is 4.86. The van der Waals surface area contributed by atoms with Crippen molar-refractivity contribution in [3.05, 3.63) is 36.5 Å². The summed E-state index contributed by atoms with van der Waals surface area (Å²) in [6, 6.07) is 10.2. The van der Waals surface area contributed by atoms with Crippen LogP contribution in [0.2, 0.25) is 0 Å². The minimum absolute atomic E-state index is 0.135. The van der Waals surface area contributed by atoms with E-state index in [0.29, 0.717) is 12.5 Å². The number of nitrogens with one attached hydrogen (secondary N) is 3. The Bertz CT molecular complexity index is 1180. The number of hydrogen-bond donors (Lipinski definition) is 3. The Morgan fingerprint density at radius 2 is 1.85 bits per heavy atom. The van der Waals surface area contributed by atoms with Crippen molar-refractivity contribution in [2.24, 2.45) is 11.7 Å². The van der Waals surface area contributed by atoms with Crippen LogP contribution in [-0.2, 0) is 9.59 Å². The minimum atomic E-state index is -0.245. The Balaban J connectivity index is 1.32. The van der Waals surface area contributed by atoms with Crippen LogP contribution in [0.1, 0.15) is 19.8 Å². The lowest BCUT2D eigenvalue weighted by atomic mass is 9.97. The molecule has 10 heteroatoms. The number of H-pyrrole nitrogens is 2. The number of carbonyl (C=O) groups is 2. The second-order valence-electron chi connectivity index (χ2n) is 9.03. The Morgan fingerprint density at radius 1 is 1.09 bits per heavy atom. The number of primary amides is 1. The first kappa shape index (κ1) is 22.0. The Labute approximate surface area is 198 Å². The molecule has 2 aromatic heterocycles. The predicted octanol–water partition coefficient (Wildman–Crippen LogP) is 1.49. The van der Waals surface area contributed by atoms with E-state index in [9.17, 15) is 9.59 Å². The van der Waals surface area contributed by atoms with Crippen molar-refractivity contribution in [2.75, 3.05) is 54.4 Å². The number of benzene rings is 1. The number of nitrogens with zero attached hydrogens (tertiary/aromatic N) is 4. The third-order valence-corrected chi connectivity index (χ3v) is 6.80. The van der Waals surface area contributed by atoms with Gasteiger partial charge < -0.3 is 25.4 Å². The fraction of sp³-hybridized carbons (Fsp3) is 0.417. The van der Waals surface area contributed by atoms with Gasteiger partial charge in [-0.3, -0.25) is 14.9 Å². The highest BCUT2D eigenvalue weighted by atomic mass is 16.2. The van der Waals surface area contributed by atoms with Gasteiger partial charge in [0.15, 0.2) is 0 Å². The van der Waals surface area contributed by atoms with Gasteiger partial charge in [-0.05, 0) is 43.2 Å². The van der Waals surface area contributed by atoms with Gasteiger partial charge in [0.05, 0.1) is 30.1 Å². The molecule has 1 atom stereocenters. The van der Waals surface area contributed by atoms with E-state index in [-0.39, 0.29) is 17.7 Å². The number of aromatic nitrogens is 3. The lowest BCUT2D eigenvalue weighted by Crippen LogP contribution is -2.48. The van der Waals surface area contributed by atoms with Crippen LogP contribution >= 0.6 is 0 Å². The van der Waals surface area contributed by atoms with Crippen LogP contribution in [0.5, 0.6) is 0 Å². The van der Waals surface area contributed by atoms with E-state index < -0.39 is 0 Å². The van der Waals surface area contributed by atoms with Gasteiger partial charge in [0, 0.05) is 45.0 Å². The van der Waals surface area contributed by atoms with Gasteiger partial charge in [0.1, 0.15) is 0 Å². The van der Waals surface area contributed by atoms with Crippen LogP contribution in [0.25, 0.3) is 11.0 Å². The van der Waals surface area contributed by atoms with E-state index >= 15 is 0 Å². The summed E-state index contributed by atoms with van der Waals surface area (Å²) in [5.74, 6) is 1.29. The quantitative estimate of drug-likeness (QED) is 0.527. The predicted molar refractivity (Wildman–Crippen MR) is 131 cm³/mol. The maximum Gasteiger partial charge on any atom is 0.351 e. The zero-order valence-electron chi connectivity index (χ0n) is 19.4. The van der Waals surface area contributed by atoms with Crippen molar-refractivity contribution in [1.82, 2.24) is 14.9 Å². The summed E-state index contributed by atoms with van der Waals surface area (Å²) in [4.78, 5) is 41.0. The molecule has 178 valence electrons. The van der Waals surface area contributed by atoms with E-state index in [1.54, 1.807) is 6.92 Å². The van der Waals surface area contributed by atoms with Crippen molar-refractivity contribution in [3.8, 4) is 0 Å². The van der Waals surface area contributed by atoms with Gasteiger partial charge in [-0.2, -0.15) is 0 Å². The number of anilines is 4. The van der Waals surface area contributed by atoms with E-state index in [0.717, 1.165) is 73.8 Å². The number of amides is 2. The number of fused-ring (bicyclic) bond motifs is 1. The molecule has 2 amide bonds. The molecule has 0 saturated carbocycles. The fourth-order valence-corrected chi connectivity index (χ4v) is 4.86. The minimum Gasteiger partial charge on any atom is -0.369 e. The van der Waals surface area contributed by atoms with E-state index in [4.69, 9.17) is 5.73 Å². The lowest BCUT2D eigenvalue weighted by molar-refractivity contribution is -0.349. The van der Waals surface area contributed by atoms with Crippen LogP contribution in [0.4, 0.5) is 23.1 Å². The molecule has 5 N–H and O–H groups in total. The first-order valence-electron chi connectivity index (χ1n) is 11.8. The average Bonchev–Trinajstić information content (AvgIpc) is 3.33. The molecular formula is C24H31N8O2+. The number of aromatic amines is 2. The summed E-state index contributed by atoms with van der Waals surface area (Å²) in [6.07, 6.45) is 3.62. The monoisotopic (exact) mass is 463 g/mol. The zero-order chi connectivity index (χ0) is 23.7. The largest absolute Gasteiger partial charge is 0.369 e.